The highest BCUT2D eigenvalue weighted by Gasteiger charge is 2.15. The molecule has 0 saturated carbocycles. The number of carbonyl (C=O) groups excluding carboxylic acids is 1. The van der Waals surface area contributed by atoms with Crippen molar-refractivity contribution in [2.45, 2.75) is 6.54 Å². The molecule has 1 aliphatic rings. The van der Waals surface area contributed by atoms with E-state index in [0.717, 1.165) is 43.3 Å². The van der Waals surface area contributed by atoms with Gasteiger partial charge in [-0.3, -0.25) is 14.4 Å². The molecule has 9 heteroatoms. The van der Waals surface area contributed by atoms with Crippen LogP contribution in [0.25, 0.3) is 10.4 Å². The maximum atomic E-state index is 12.6. The Balaban J connectivity index is 1.40. The van der Waals surface area contributed by atoms with Crippen LogP contribution >= 0.6 is 11.3 Å². The van der Waals surface area contributed by atoms with Crippen LogP contribution in [-0.2, 0) is 11.3 Å². The fourth-order valence-corrected chi connectivity index (χ4v) is 3.75. The second-order valence-corrected chi connectivity index (χ2v) is 7.50. The fraction of sp³-hybridized carbons (Fsp3) is 0.316. The zero-order chi connectivity index (χ0) is 19.3. The van der Waals surface area contributed by atoms with Gasteiger partial charge in [0.2, 0.25) is 0 Å². The molecule has 3 aromatic rings. The standard InChI is InChI=1S/C19H22N6O2S/c20-15-4-3-14(18-2-1-11-28-18)12-16(15)21-19(26)17-13-25(23-22-17)6-5-24-7-9-27-10-8-24/h1-4,11-13H,5-10,20H2,(H,21,26). The summed E-state index contributed by atoms with van der Waals surface area (Å²) in [6.45, 7) is 4.89. The smallest absolute Gasteiger partial charge is 0.277 e. The second kappa shape index (κ2) is 8.51. The molecule has 0 bridgehead atoms. The number of thiophene rings is 1. The van der Waals surface area contributed by atoms with Gasteiger partial charge >= 0.3 is 0 Å². The van der Waals surface area contributed by atoms with E-state index in [1.54, 1.807) is 28.3 Å². The summed E-state index contributed by atoms with van der Waals surface area (Å²) in [6.07, 6.45) is 1.66. The molecule has 0 spiro atoms. The van der Waals surface area contributed by atoms with E-state index in [1.807, 2.05) is 29.6 Å². The van der Waals surface area contributed by atoms with E-state index in [2.05, 4.69) is 20.5 Å². The molecule has 4 rings (SSSR count). The normalized spacial score (nSPS) is 14.9. The van der Waals surface area contributed by atoms with Crippen molar-refractivity contribution in [3.05, 3.63) is 47.6 Å². The molecule has 1 amide bonds. The lowest BCUT2D eigenvalue weighted by atomic mass is 10.1. The number of anilines is 2. The number of nitrogen functional groups attached to an aromatic ring is 1. The van der Waals surface area contributed by atoms with Gasteiger partial charge in [0.25, 0.3) is 5.91 Å². The third kappa shape index (κ3) is 4.38. The largest absolute Gasteiger partial charge is 0.397 e. The van der Waals surface area contributed by atoms with Gasteiger partial charge in [-0.25, -0.2) is 0 Å². The fourth-order valence-electron chi connectivity index (χ4n) is 3.03. The number of nitrogens with one attached hydrogen (secondary N) is 1. The maximum Gasteiger partial charge on any atom is 0.277 e. The number of nitrogens with zero attached hydrogens (tertiary/aromatic N) is 4. The van der Waals surface area contributed by atoms with E-state index in [9.17, 15) is 4.79 Å². The first-order chi connectivity index (χ1) is 13.7. The number of ether oxygens (including phenoxy) is 1. The number of benzene rings is 1. The van der Waals surface area contributed by atoms with Gasteiger partial charge in [0, 0.05) is 24.5 Å². The molecule has 146 valence electrons. The van der Waals surface area contributed by atoms with Crippen LogP contribution in [-0.4, -0.2) is 58.6 Å². The minimum absolute atomic E-state index is 0.267. The Labute approximate surface area is 166 Å². The SMILES string of the molecule is Nc1ccc(-c2cccs2)cc1NC(=O)c1cn(CCN2CCOCC2)nn1. The zero-order valence-corrected chi connectivity index (χ0v) is 16.2. The number of hydrogen-bond acceptors (Lipinski definition) is 7. The van der Waals surface area contributed by atoms with Crippen molar-refractivity contribution in [1.29, 1.82) is 0 Å². The molecule has 3 N–H and O–H groups in total. The predicted octanol–water partition coefficient (Wildman–Crippen LogP) is 2.17. The lowest BCUT2D eigenvalue weighted by Crippen LogP contribution is -2.38. The van der Waals surface area contributed by atoms with Gasteiger partial charge in [0.1, 0.15) is 0 Å². The highest BCUT2D eigenvalue weighted by atomic mass is 32.1. The highest BCUT2D eigenvalue weighted by molar-refractivity contribution is 7.13. The number of morpholine rings is 1. The molecular formula is C19H22N6O2S. The Morgan fingerprint density at radius 2 is 2.11 bits per heavy atom. The van der Waals surface area contributed by atoms with Crippen LogP contribution in [0.2, 0.25) is 0 Å². The maximum absolute atomic E-state index is 12.6. The third-order valence-electron chi connectivity index (χ3n) is 4.63. The summed E-state index contributed by atoms with van der Waals surface area (Å²) in [4.78, 5) is 16.0. The Bertz CT molecular complexity index is 934. The van der Waals surface area contributed by atoms with Crippen LogP contribution < -0.4 is 11.1 Å². The molecule has 1 aliphatic heterocycles. The molecule has 1 saturated heterocycles. The van der Waals surface area contributed by atoms with Gasteiger partial charge in [0.15, 0.2) is 5.69 Å². The molecule has 1 fully saturated rings. The lowest BCUT2D eigenvalue weighted by molar-refractivity contribution is 0.0359. The van der Waals surface area contributed by atoms with Crippen molar-refractivity contribution < 1.29 is 9.53 Å². The average molecular weight is 398 g/mol. The van der Waals surface area contributed by atoms with Crippen LogP contribution in [0.5, 0.6) is 0 Å². The number of aromatic nitrogens is 3. The number of nitrogens with two attached hydrogens (primary N) is 1. The van der Waals surface area contributed by atoms with Crippen molar-refractivity contribution in [1.82, 2.24) is 19.9 Å². The predicted molar refractivity (Wildman–Crippen MR) is 109 cm³/mol. The summed E-state index contributed by atoms with van der Waals surface area (Å²) < 4.78 is 7.04. The van der Waals surface area contributed by atoms with Crippen molar-refractivity contribution in [3.63, 3.8) is 0 Å². The van der Waals surface area contributed by atoms with E-state index in [1.165, 1.54) is 0 Å². The lowest BCUT2D eigenvalue weighted by Gasteiger charge is -2.26. The van der Waals surface area contributed by atoms with E-state index in [-0.39, 0.29) is 11.6 Å². The summed E-state index contributed by atoms with van der Waals surface area (Å²) in [6, 6.07) is 9.64. The van der Waals surface area contributed by atoms with E-state index >= 15 is 0 Å². The number of amides is 1. The first-order valence-corrected chi connectivity index (χ1v) is 10.0. The van der Waals surface area contributed by atoms with Crippen LogP contribution in [0, 0.1) is 0 Å². The molecule has 0 radical (unpaired) electrons. The number of rotatable bonds is 6. The zero-order valence-electron chi connectivity index (χ0n) is 15.4. The van der Waals surface area contributed by atoms with E-state index < -0.39 is 0 Å². The summed E-state index contributed by atoms with van der Waals surface area (Å²) in [7, 11) is 0. The minimum Gasteiger partial charge on any atom is -0.397 e. The minimum atomic E-state index is -0.326. The Hall–Kier alpha value is -2.75. The quantitative estimate of drug-likeness (QED) is 0.618. The van der Waals surface area contributed by atoms with Crippen LogP contribution in [0.4, 0.5) is 11.4 Å². The number of carbonyl (C=O) groups is 1. The molecular weight excluding hydrogens is 376 g/mol. The van der Waals surface area contributed by atoms with Crippen LogP contribution in [0.15, 0.2) is 41.9 Å². The summed E-state index contributed by atoms with van der Waals surface area (Å²) in [5.41, 5.74) is 8.39. The Morgan fingerprint density at radius 3 is 2.89 bits per heavy atom. The summed E-state index contributed by atoms with van der Waals surface area (Å²) >= 11 is 1.64. The molecule has 0 aliphatic carbocycles. The van der Waals surface area contributed by atoms with E-state index in [4.69, 9.17) is 10.5 Å². The monoisotopic (exact) mass is 398 g/mol. The molecule has 1 aromatic carbocycles. The van der Waals surface area contributed by atoms with Crippen molar-refractivity contribution in [3.8, 4) is 10.4 Å². The molecule has 28 heavy (non-hydrogen) atoms. The summed E-state index contributed by atoms with van der Waals surface area (Å²) in [5.74, 6) is -0.326. The van der Waals surface area contributed by atoms with Gasteiger partial charge in [0.05, 0.1) is 37.3 Å². The highest BCUT2D eigenvalue weighted by Crippen LogP contribution is 2.30. The van der Waals surface area contributed by atoms with Crippen LogP contribution in [0.3, 0.4) is 0 Å². The molecule has 2 aromatic heterocycles. The second-order valence-electron chi connectivity index (χ2n) is 6.55. The topological polar surface area (TPSA) is 98.3 Å². The first-order valence-electron chi connectivity index (χ1n) is 9.14. The van der Waals surface area contributed by atoms with Gasteiger partial charge in [-0.15, -0.1) is 16.4 Å². The van der Waals surface area contributed by atoms with Gasteiger partial charge in [-0.05, 0) is 29.1 Å². The van der Waals surface area contributed by atoms with Crippen molar-refractivity contribution in [2.24, 2.45) is 0 Å². The van der Waals surface area contributed by atoms with E-state index in [0.29, 0.717) is 17.9 Å². The molecule has 8 nitrogen and oxygen atoms in total. The average Bonchev–Trinajstić information content (AvgIpc) is 3.41. The van der Waals surface area contributed by atoms with Crippen LogP contribution in [0.1, 0.15) is 10.5 Å². The van der Waals surface area contributed by atoms with Gasteiger partial charge < -0.3 is 15.8 Å². The van der Waals surface area contributed by atoms with Crippen molar-refractivity contribution in [2.75, 3.05) is 43.9 Å². The summed E-state index contributed by atoms with van der Waals surface area (Å²) in [5, 5.41) is 12.9. The molecule has 0 unspecified atom stereocenters. The Kier molecular flexibility index (Phi) is 5.65. The number of hydrogen-bond donors (Lipinski definition) is 2. The third-order valence-corrected chi connectivity index (χ3v) is 5.55. The van der Waals surface area contributed by atoms with Gasteiger partial charge in [-0.1, -0.05) is 17.3 Å². The first kappa shape index (κ1) is 18.6. The van der Waals surface area contributed by atoms with Gasteiger partial charge in [-0.2, -0.15) is 0 Å². The Morgan fingerprint density at radius 1 is 1.25 bits per heavy atom. The molecule has 3 heterocycles. The molecule has 0 atom stereocenters. The van der Waals surface area contributed by atoms with Crippen molar-refractivity contribution >= 4 is 28.6 Å².